The van der Waals surface area contributed by atoms with E-state index >= 15 is 0 Å². The van der Waals surface area contributed by atoms with Crippen LogP contribution in [0.5, 0.6) is 0 Å². The van der Waals surface area contributed by atoms with Gasteiger partial charge in [0.15, 0.2) is 11.7 Å². The standard InChI is InChI=1S/C18H29N5O2/c1-14(21(3)15-6-7-15)13-20-18(19-2)23-10-8-22(9-11-23)17(24)16-5-4-12-25-16/h4-5,12,14-15H,6-11,13H2,1-3H3,(H,19,20). The Balaban J connectivity index is 1.46. The fourth-order valence-corrected chi connectivity index (χ4v) is 3.23. The molecule has 1 saturated carbocycles. The molecule has 0 aromatic carbocycles. The molecule has 2 fully saturated rings. The summed E-state index contributed by atoms with van der Waals surface area (Å²) in [6.45, 7) is 6.04. The van der Waals surface area contributed by atoms with Gasteiger partial charge in [-0.2, -0.15) is 0 Å². The Morgan fingerprint density at radius 2 is 2.04 bits per heavy atom. The summed E-state index contributed by atoms with van der Waals surface area (Å²) in [5.41, 5.74) is 0. The lowest BCUT2D eigenvalue weighted by Gasteiger charge is -2.36. The van der Waals surface area contributed by atoms with Gasteiger partial charge in [0.2, 0.25) is 0 Å². The molecule has 2 aliphatic rings. The Labute approximate surface area is 149 Å². The number of nitrogens with one attached hydrogen (secondary N) is 1. The van der Waals surface area contributed by atoms with E-state index in [-0.39, 0.29) is 5.91 Å². The van der Waals surface area contributed by atoms with Crippen LogP contribution in [0.1, 0.15) is 30.3 Å². The van der Waals surface area contributed by atoms with Gasteiger partial charge in [0, 0.05) is 51.9 Å². The van der Waals surface area contributed by atoms with Gasteiger partial charge in [-0.3, -0.25) is 14.7 Å². The maximum absolute atomic E-state index is 12.3. The van der Waals surface area contributed by atoms with E-state index in [2.05, 4.69) is 34.1 Å². The third kappa shape index (κ3) is 4.34. The molecule has 1 aliphatic heterocycles. The molecular formula is C18H29N5O2. The minimum Gasteiger partial charge on any atom is -0.459 e. The third-order valence-corrected chi connectivity index (χ3v) is 5.18. The topological polar surface area (TPSA) is 64.3 Å². The summed E-state index contributed by atoms with van der Waals surface area (Å²) in [7, 11) is 4.02. The molecule has 0 bridgehead atoms. The van der Waals surface area contributed by atoms with Crippen LogP contribution in [0.15, 0.2) is 27.8 Å². The largest absolute Gasteiger partial charge is 0.459 e. The monoisotopic (exact) mass is 347 g/mol. The number of hydrogen-bond donors (Lipinski definition) is 1. The summed E-state index contributed by atoms with van der Waals surface area (Å²) < 4.78 is 5.21. The second kappa shape index (κ2) is 7.91. The van der Waals surface area contributed by atoms with Crippen LogP contribution in [0.25, 0.3) is 0 Å². The molecule has 25 heavy (non-hydrogen) atoms. The predicted octanol–water partition coefficient (Wildman–Crippen LogP) is 1.10. The van der Waals surface area contributed by atoms with Gasteiger partial charge in [0.25, 0.3) is 5.91 Å². The van der Waals surface area contributed by atoms with Gasteiger partial charge >= 0.3 is 0 Å². The molecule has 2 heterocycles. The summed E-state index contributed by atoms with van der Waals surface area (Å²) >= 11 is 0. The molecule has 1 aliphatic carbocycles. The molecule has 1 unspecified atom stereocenters. The summed E-state index contributed by atoms with van der Waals surface area (Å²) in [5.74, 6) is 1.29. The van der Waals surface area contributed by atoms with Crippen LogP contribution in [0.2, 0.25) is 0 Å². The van der Waals surface area contributed by atoms with Crippen molar-refractivity contribution in [3.63, 3.8) is 0 Å². The van der Waals surface area contributed by atoms with Crippen molar-refractivity contribution in [1.29, 1.82) is 0 Å². The van der Waals surface area contributed by atoms with Crippen LogP contribution in [-0.4, -0.2) is 85.5 Å². The van der Waals surface area contributed by atoms with E-state index in [1.165, 1.54) is 19.1 Å². The highest BCUT2D eigenvalue weighted by Crippen LogP contribution is 2.26. The first-order valence-electron chi connectivity index (χ1n) is 9.10. The number of likely N-dealkylation sites (N-methyl/N-ethyl adjacent to an activating group) is 1. The van der Waals surface area contributed by atoms with Crippen molar-refractivity contribution in [1.82, 2.24) is 20.0 Å². The maximum Gasteiger partial charge on any atom is 0.289 e. The highest BCUT2D eigenvalue weighted by molar-refractivity contribution is 5.91. The predicted molar refractivity (Wildman–Crippen MR) is 97.8 cm³/mol. The second-order valence-electron chi connectivity index (χ2n) is 6.93. The fraction of sp³-hybridized carbons (Fsp3) is 0.667. The summed E-state index contributed by atoms with van der Waals surface area (Å²) in [6.07, 6.45) is 4.18. The number of nitrogens with zero attached hydrogens (tertiary/aromatic N) is 4. The molecule has 1 saturated heterocycles. The van der Waals surface area contributed by atoms with Crippen LogP contribution in [0.4, 0.5) is 0 Å². The zero-order valence-corrected chi connectivity index (χ0v) is 15.4. The van der Waals surface area contributed by atoms with E-state index in [1.54, 1.807) is 12.1 Å². The Morgan fingerprint density at radius 1 is 1.36 bits per heavy atom. The normalized spacial score (nSPS) is 20.1. The first-order chi connectivity index (χ1) is 12.1. The summed E-state index contributed by atoms with van der Waals surface area (Å²) in [6, 6.07) is 4.70. The molecule has 3 rings (SSSR count). The zero-order chi connectivity index (χ0) is 17.8. The molecule has 1 amide bonds. The number of guanidine groups is 1. The van der Waals surface area contributed by atoms with Crippen molar-refractivity contribution in [2.24, 2.45) is 4.99 Å². The number of carbonyl (C=O) groups is 1. The SMILES string of the molecule is CN=C(NCC(C)N(C)C1CC1)N1CCN(C(=O)c2ccco2)CC1. The van der Waals surface area contributed by atoms with Gasteiger partial charge in [0.1, 0.15) is 0 Å². The highest BCUT2D eigenvalue weighted by Gasteiger charge is 2.29. The maximum atomic E-state index is 12.3. The van der Waals surface area contributed by atoms with Crippen LogP contribution < -0.4 is 5.32 Å². The quantitative estimate of drug-likeness (QED) is 0.638. The van der Waals surface area contributed by atoms with E-state index in [0.29, 0.717) is 24.9 Å². The minimum absolute atomic E-state index is 0.0349. The smallest absolute Gasteiger partial charge is 0.289 e. The summed E-state index contributed by atoms with van der Waals surface area (Å²) in [5, 5.41) is 3.49. The highest BCUT2D eigenvalue weighted by atomic mass is 16.3. The summed E-state index contributed by atoms with van der Waals surface area (Å²) in [4.78, 5) is 23.2. The van der Waals surface area contributed by atoms with Gasteiger partial charge in [0.05, 0.1) is 6.26 Å². The molecule has 0 radical (unpaired) electrons. The lowest BCUT2D eigenvalue weighted by molar-refractivity contribution is 0.0657. The van der Waals surface area contributed by atoms with Crippen LogP contribution in [-0.2, 0) is 0 Å². The van der Waals surface area contributed by atoms with E-state index in [0.717, 1.165) is 31.6 Å². The molecule has 0 spiro atoms. The van der Waals surface area contributed by atoms with Crippen molar-refractivity contribution in [3.05, 3.63) is 24.2 Å². The molecule has 1 aromatic heterocycles. The molecule has 138 valence electrons. The first kappa shape index (κ1) is 17.8. The number of rotatable bonds is 5. The van der Waals surface area contributed by atoms with E-state index < -0.39 is 0 Å². The number of carbonyl (C=O) groups excluding carboxylic acids is 1. The number of piperazine rings is 1. The van der Waals surface area contributed by atoms with Crippen molar-refractivity contribution in [2.75, 3.05) is 46.8 Å². The van der Waals surface area contributed by atoms with Crippen LogP contribution in [0, 0.1) is 0 Å². The number of hydrogen-bond acceptors (Lipinski definition) is 4. The molecule has 7 nitrogen and oxygen atoms in total. The van der Waals surface area contributed by atoms with Crippen molar-refractivity contribution < 1.29 is 9.21 Å². The average Bonchev–Trinajstić information content (AvgIpc) is 3.35. The fourth-order valence-electron chi connectivity index (χ4n) is 3.23. The lowest BCUT2D eigenvalue weighted by atomic mass is 10.2. The Kier molecular flexibility index (Phi) is 5.63. The lowest BCUT2D eigenvalue weighted by Crippen LogP contribution is -2.55. The number of furan rings is 1. The van der Waals surface area contributed by atoms with E-state index in [1.807, 2.05) is 11.9 Å². The van der Waals surface area contributed by atoms with Crippen molar-refractivity contribution in [3.8, 4) is 0 Å². The van der Waals surface area contributed by atoms with Crippen molar-refractivity contribution >= 4 is 11.9 Å². The molecule has 1 aromatic rings. The Hall–Kier alpha value is -2.02. The van der Waals surface area contributed by atoms with Gasteiger partial charge < -0.3 is 19.5 Å². The van der Waals surface area contributed by atoms with E-state index in [4.69, 9.17) is 4.42 Å². The molecule has 7 heteroatoms. The Bertz CT molecular complexity index is 589. The first-order valence-corrected chi connectivity index (χ1v) is 9.10. The second-order valence-corrected chi connectivity index (χ2v) is 6.93. The molecule has 1 N–H and O–H groups in total. The minimum atomic E-state index is -0.0349. The van der Waals surface area contributed by atoms with Gasteiger partial charge in [-0.15, -0.1) is 0 Å². The third-order valence-electron chi connectivity index (χ3n) is 5.18. The van der Waals surface area contributed by atoms with E-state index in [9.17, 15) is 4.79 Å². The van der Waals surface area contributed by atoms with Gasteiger partial charge in [-0.1, -0.05) is 0 Å². The molecular weight excluding hydrogens is 318 g/mol. The van der Waals surface area contributed by atoms with Crippen molar-refractivity contribution in [2.45, 2.75) is 31.8 Å². The van der Waals surface area contributed by atoms with Crippen LogP contribution in [0.3, 0.4) is 0 Å². The van der Waals surface area contributed by atoms with Crippen LogP contribution >= 0.6 is 0 Å². The molecule has 1 atom stereocenters. The van der Waals surface area contributed by atoms with Gasteiger partial charge in [-0.25, -0.2) is 0 Å². The van der Waals surface area contributed by atoms with Gasteiger partial charge in [-0.05, 0) is 38.9 Å². The Morgan fingerprint density at radius 3 is 2.60 bits per heavy atom. The zero-order valence-electron chi connectivity index (χ0n) is 15.4. The number of aliphatic imine (C=N–C) groups is 1. The number of amides is 1. The average molecular weight is 347 g/mol.